The molecule has 1 unspecified atom stereocenters. The number of halogens is 1. The third-order valence-corrected chi connectivity index (χ3v) is 3.01. The summed E-state index contributed by atoms with van der Waals surface area (Å²) < 4.78 is 6.14. The molecule has 2 rings (SSSR count). The van der Waals surface area contributed by atoms with Crippen molar-refractivity contribution in [1.29, 1.82) is 0 Å². The molecule has 88 valence electrons. The van der Waals surface area contributed by atoms with E-state index in [1.165, 1.54) is 17.9 Å². The number of ether oxygens (including phenoxy) is 1. The molecule has 1 aliphatic heterocycles. The quantitative estimate of drug-likeness (QED) is 0.610. The highest BCUT2D eigenvalue weighted by molar-refractivity contribution is 14.1. The van der Waals surface area contributed by atoms with Gasteiger partial charge in [-0.1, -0.05) is 0 Å². The minimum absolute atomic E-state index is 0.183. The predicted octanol–water partition coefficient (Wildman–Crippen LogP) is 2.08. The first-order valence-corrected chi connectivity index (χ1v) is 6.10. The maximum Gasteiger partial charge on any atom is 0.304 e. The number of rotatable bonds is 2. The fraction of sp³-hybridized carbons (Fsp3) is 0.167. The van der Waals surface area contributed by atoms with Gasteiger partial charge in [0.05, 0.1) is 0 Å². The Morgan fingerprint density at radius 3 is 2.59 bits per heavy atom. The fourth-order valence-corrected chi connectivity index (χ4v) is 1.95. The maximum atomic E-state index is 11.7. The SMILES string of the molecule is CC(=O)OC1C=CC(=O)N1c1ccc(I)cc1. The number of nitrogens with zero attached hydrogens (tertiary/aromatic N) is 1. The third kappa shape index (κ3) is 2.66. The summed E-state index contributed by atoms with van der Waals surface area (Å²) in [6, 6.07) is 7.44. The number of benzene rings is 1. The highest BCUT2D eigenvalue weighted by Crippen LogP contribution is 2.24. The Morgan fingerprint density at radius 2 is 2.00 bits per heavy atom. The van der Waals surface area contributed by atoms with Crippen molar-refractivity contribution < 1.29 is 14.3 Å². The Labute approximate surface area is 112 Å². The van der Waals surface area contributed by atoms with Gasteiger partial charge in [0.25, 0.3) is 5.91 Å². The molecule has 4 nitrogen and oxygen atoms in total. The topological polar surface area (TPSA) is 46.6 Å². The van der Waals surface area contributed by atoms with E-state index in [9.17, 15) is 9.59 Å². The Morgan fingerprint density at radius 1 is 1.35 bits per heavy atom. The van der Waals surface area contributed by atoms with Gasteiger partial charge >= 0.3 is 5.97 Å². The van der Waals surface area contributed by atoms with Gasteiger partial charge in [-0.15, -0.1) is 0 Å². The van der Waals surface area contributed by atoms with Crippen LogP contribution in [-0.2, 0) is 14.3 Å². The average molecular weight is 343 g/mol. The van der Waals surface area contributed by atoms with Gasteiger partial charge in [0.15, 0.2) is 0 Å². The van der Waals surface area contributed by atoms with Crippen molar-refractivity contribution in [3.05, 3.63) is 40.0 Å². The van der Waals surface area contributed by atoms with E-state index in [1.807, 2.05) is 24.3 Å². The van der Waals surface area contributed by atoms with Crippen molar-refractivity contribution in [1.82, 2.24) is 0 Å². The zero-order chi connectivity index (χ0) is 12.4. The lowest BCUT2D eigenvalue weighted by Crippen LogP contribution is -2.36. The minimum atomic E-state index is -0.639. The van der Waals surface area contributed by atoms with Gasteiger partial charge in [-0.3, -0.25) is 14.5 Å². The molecule has 1 aromatic carbocycles. The summed E-state index contributed by atoms with van der Waals surface area (Å²) in [5.74, 6) is -0.595. The van der Waals surface area contributed by atoms with E-state index >= 15 is 0 Å². The van der Waals surface area contributed by atoms with Crippen LogP contribution in [0, 0.1) is 3.57 Å². The molecular weight excluding hydrogens is 333 g/mol. The molecule has 0 aliphatic carbocycles. The number of carbonyl (C=O) groups excluding carboxylic acids is 2. The maximum absolute atomic E-state index is 11.7. The number of amides is 1. The lowest BCUT2D eigenvalue weighted by atomic mass is 10.3. The van der Waals surface area contributed by atoms with Crippen molar-refractivity contribution in [2.75, 3.05) is 4.90 Å². The van der Waals surface area contributed by atoms with E-state index in [-0.39, 0.29) is 5.91 Å². The van der Waals surface area contributed by atoms with E-state index < -0.39 is 12.2 Å². The lowest BCUT2D eigenvalue weighted by molar-refractivity contribution is -0.144. The van der Waals surface area contributed by atoms with Gasteiger partial charge in [0.1, 0.15) is 0 Å². The Balaban J connectivity index is 2.26. The summed E-state index contributed by atoms with van der Waals surface area (Å²) >= 11 is 2.19. The summed E-state index contributed by atoms with van der Waals surface area (Å²) in [7, 11) is 0. The first-order chi connectivity index (χ1) is 8.08. The first-order valence-electron chi connectivity index (χ1n) is 5.02. The van der Waals surface area contributed by atoms with Crippen LogP contribution >= 0.6 is 22.6 Å². The molecule has 0 saturated heterocycles. The summed E-state index contributed by atoms with van der Waals surface area (Å²) in [5, 5.41) is 0. The summed E-state index contributed by atoms with van der Waals surface area (Å²) in [4.78, 5) is 24.1. The lowest BCUT2D eigenvalue weighted by Gasteiger charge is -2.23. The number of anilines is 1. The van der Waals surface area contributed by atoms with Gasteiger partial charge in [-0.2, -0.15) is 0 Å². The van der Waals surface area contributed by atoms with Crippen LogP contribution in [-0.4, -0.2) is 18.1 Å². The molecule has 0 aromatic heterocycles. The molecule has 1 aromatic rings. The number of esters is 1. The minimum Gasteiger partial charge on any atom is -0.438 e. The second-order valence-electron chi connectivity index (χ2n) is 3.54. The smallest absolute Gasteiger partial charge is 0.304 e. The Hall–Kier alpha value is -1.37. The molecule has 0 radical (unpaired) electrons. The zero-order valence-electron chi connectivity index (χ0n) is 9.09. The Kier molecular flexibility index (Phi) is 3.46. The van der Waals surface area contributed by atoms with Gasteiger partial charge in [0.2, 0.25) is 6.23 Å². The fourth-order valence-electron chi connectivity index (χ4n) is 1.59. The van der Waals surface area contributed by atoms with Gasteiger partial charge in [0, 0.05) is 22.3 Å². The normalized spacial score (nSPS) is 18.6. The molecule has 0 fully saturated rings. The van der Waals surface area contributed by atoms with Crippen LogP contribution in [0.25, 0.3) is 0 Å². The van der Waals surface area contributed by atoms with Crippen LogP contribution in [0.1, 0.15) is 6.92 Å². The van der Waals surface area contributed by atoms with E-state index in [0.29, 0.717) is 5.69 Å². The summed E-state index contributed by atoms with van der Waals surface area (Å²) in [5.41, 5.74) is 0.715. The van der Waals surface area contributed by atoms with E-state index in [4.69, 9.17) is 4.74 Å². The summed E-state index contributed by atoms with van der Waals surface area (Å²) in [6.45, 7) is 1.32. The molecule has 0 bridgehead atoms. The summed E-state index contributed by atoms with van der Waals surface area (Å²) in [6.07, 6.45) is 2.34. The molecule has 0 N–H and O–H groups in total. The molecule has 0 saturated carbocycles. The van der Waals surface area contributed by atoms with Crippen molar-refractivity contribution in [3.8, 4) is 0 Å². The van der Waals surface area contributed by atoms with E-state index in [0.717, 1.165) is 3.57 Å². The first kappa shape index (κ1) is 12.1. The molecule has 1 amide bonds. The molecule has 17 heavy (non-hydrogen) atoms. The van der Waals surface area contributed by atoms with Crippen LogP contribution in [0.3, 0.4) is 0 Å². The number of hydrogen-bond donors (Lipinski definition) is 0. The van der Waals surface area contributed by atoms with E-state index in [2.05, 4.69) is 22.6 Å². The largest absolute Gasteiger partial charge is 0.438 e. The van der Waals surface area contributed by atoms with Crippen molar-refractivity contribution in [3.63, 3.8) is 0 Å². The molecule has 5 heteroatoms. The van der Waals surface area contributed by atoms with Crippen molar-refractivity contribution in [2.45, 2.75) is 13.2 Å². The predicted molar refractivity (Wildman–Crippen MR) is 71.3 cm³/mol. The average Bonchev–Trinajstić information content (AvgIpc) is 2.61. The highest BCUT2D eigenvalue weighted by atomic mass is 127. The number of hydrogen-bond acceptors (Lipinski definition) is 3. The molecule has 1 aliphatic rings. The standard InChI is InChI=1S/C12H10INO3/c1-8(15)17-12-7-6-11(16)14(12)10-4-2-9(13)3-5-10/h2-7,12H,1H3. The molecule has 0 spiro atoms. The molecular formula is C12H10INO3. The van der Waals surface area contributed by atoms with Gasteiger partial charge in [-0.05, 0) is 52.9 Å². The Bertz CT molecular complexity index is 481. The van der Waals surface area contributed by atoms with Crippen molar-refractivity contribution in [2.24, 2.45) is 0 Å². The van der Waals surface area contributed by atoms with Crippen molar-refractivity contribution >= 4 is 40.2 Å². The van der Waals surface area contributed by atoms with Gasteiger partial charge < -0.3 is 4.74 Å². The zero-order valence-corrected chi connectivity index (χ0v) is 11.2. The number of carbonyl (C=O) groups is 2. The van der Waals surface area contributed by atoms with E-state index in [1.54, 1.807) is 6.08 Å². The van der Waals surface area contributed by atoms with Crippen LogP contribution in [0.2, 0.25) is 0 Å². The third-order valence-electron chi connectivity index (χ3n) is 2.29. The van der Waals surface area contributed by atoms with Crippen LogP contribution in [0.15, 0.2) is 36.4 Å². The molecule has 1 atom stereocenters. The second kappa shape index (κ2) is 4.87. The molecule has 1 heterocycles. The van der Waals surface area contributed by atoms with Crippen LogP contribution < -0.4 is 4.90 Å². The highest BCUT2D eigenvalue weighted by Gasteiger charge is 2.29. The monoisotopic (exact) mass is 343 g/mol. The van der Waals surface area contributed by atoms with Crippen LogP contribution in [0.5, 0.6) is 0 Å². The van der Waals surface area contributed by atoms with Crippen LogP contribution in [0.4, 0.5) is 5.69 Å². The van der Waals surface area contributed by atoms with Gasteiger partial charge in [-0.25, -0.2) is 0 Å². The second-order valence-corrected chi connectivity index (χ2v) is 4.79.